The smallest absolute Gasteiger partial charge is 0.229 e. The van der Waals surface area contributed by atoms with Gasteiger partial charge in [0.15, 0.2) is 0 Å². The molecule has 0 bridgehead atoms. The van der Waals surface area contributed by atoms with Gasteiger partial charge < -0.3 is 15.4 Å². The van der Waals surface area contributed by atoms with Gasteiger partial charge >= 0.3 is 0 Å². The molecule has 0 heterocycles. The standard InChI is InChI=1S/C16H24N2O2/c1-16(10-6-9-14(16)17)15(19)18(2)11-12-20-13-7-4-3-5-8-13/h3-5,7-8,14H,6,9-12,17H2,1-2H3. The van der Waals surface area contributed by atoms with E-state index in [1.54, 1.807) is 4.90 Å². The quantitative estimate of drug-likeness (QED) is 0.895. The zero-order valence-corrected chi connectivity index (χ0v) is 12.3. The van der Waals surface area contributed by atoms with Gasteiger partial charge in [-0.25, -0.2) is 0 Å². The molecule has 110 valence electrons. The highest BCUT2D eigenvalue weighted by Crippen LogP contribution is 2.38. The van der Waals surface area contributed by atoms with E-state index in [0.717, 1.165) is 25.0 Å². The number of amides is 1. The summed E-state index contributed by atoms with van der Waals surface area (Å²) in [5.74, 6) is 0.969. The van der Waals surface area contributed by atoms with Crippen molar-refractivity contribution in [3.63, 3.8) is 0 Å². The Balaban J connectivity index is 1.83. The maximum atomic E-state index is 12.5. The Labute approximate surface area is 120 Å². The topological polar surface area (TPSA) is 55.6 Å². The molecule has 1 aliphatic carbocycles. The number of carbonyl (C=O) groups excluding carboxylic acids is 1. The first-order chi connectivity index (χ1) is 9.54. The van der Waals surface area contributed by atoms with E-state index < -0.39 is 5.41 Å². The van der Waals surface area contributed by atoms with Crippen LogP contribution in [-0.4, -0.2) is 37.0 Å². The Morgan fingerprint density at radius 3 is 2.75 bits per heavy atom. The summed E-state index contributed by atoms with van der Waals surface area (Å²) >= 11 is 0. The van der Waals surface area contributed by atoms with Crippen LogP contribution < -0.4 is 10.5 Å². The number of hydrogen-bond acceptors (Lipinski definition) is 3. The van der Waals surface area contributed by atoms with Crippen molar-refractivity contribution in [2.75, 3.05) is 20.2 Å². The van der Waals surface area contributed by atoms with Crippen LogP contribution in [-0.2, 0) is 4.79 Å². The van der Waals surface area contributed by atoms with Crippen molar-refractivity contribution in [3.05, 3.63) is 30.3 Å². The minimum absolute atomic E-state index is 0.0208. The van der Waals surface area contributed by atoms with Crippen LogP contribution in [0.1, 0.15) is 26.2 Å². The van der Waals surface area contributed by atoms with E-state index in [4.69, 9.17) is 10.5 Å². The molecule has 2 N–H and O–H groups in total. The SMILES string of the molecule is CN(CCOc1ccccc1)C(=O)C1(C)CCCC1N. The number of rotatable bonds is 5. The molecule has 4 heteroatoms. The lowest BCUT2D eigenvalue weighted by molar-refractivity contribution is -0.140. The van der Waals surface area contributed by atoms with Crippen LogP contribution in [0.2, 0.25) is 0 Å². The van der Waals surface area contributed by atoms with Crippen LogP contribution in [0, 0.1) is 5.41 Å². The van der Waals surface area contributed by atoms with Gasteiger partial charge in [0.05, 0.1) is 12.0 Å². The maximum Gasteiger partial charge on any atom is 0.229 e. The first-order valence-corrected chi connectivity index (χ1v) is 7.23. The predicted molar refractivity (Wildman–Crippen MR) is 79.5 cm³/mol. The van der Waals surface area contributed by atoms with Gasteiger partial charge in [-0.1, -0.05) is 24.6 Å². The lowest BCUT2D eigenvalue weighted by Gasteiger charge is -2.32. The number of benzene rings is 1. The number of hydrogen-bond donors (Lipinski definition) is 1. The van der Waals surface area contributed by atoms with Crippen molar-refractivity contribution in [3.8, 4) is 5.75 Å². The van der Waals surface area contributed by atoms with E-state index in [1.807, 2.05) is 44.3 Å². The summed E-state index contributed by atoms with van der Waals surface area (Å²) in [5, 5.41) is 0. The summed E-state index contributed by atoms with van der Waals surface area (Å²) in [5.41, 5.74) is 5.69. The molecule has 1 fully saturated rings. The number of likely N-dealkylation sites (N-methyl/N-ethyl adjacent to an activating group) is 1. The summed E-state index contributed by atoms with van der Waals surface area (Å²) in [6, 6.07) is 9.62. The van der Waals surface area contributed by atoms with Crippen molar-refractivity contribution in [2.24, 2.45) is 11.1 Å². The molecule has 2 unspecified atom stereocenters. The predicted octanol–water partition coefficient (Wildman–Crippen LogP) is 2.04. The van der Waals surface area contributed by atoms with Crippen LogP contribution in [0.15, 0.2) is 30.3 Å². The molecule has 2 rings (SSSR count). The van der Waals surface area contributed by atoms with Gasteiger partial charge in [-0.2, -0.15) is 0 Å². The Hall–Kier alpha value is -1.55. The number of ether oxygens (including phenoxy) is 1. The molecule has 0 saturated heterocycles. The first kappa shape index (κ1) is 14.9. The zero-order valence-electron chi connectivity index (χ0n) is 12.3. The minimum Gasteiger partial charge on any atom is -0.492 e. The van der Waals surface area contributed by atoms with E-state index in [2.05, 4.69) is 0 Å². The molecule has 20 heavy (non-hydrogen) atoms. The molecule has 1 aliphatic rings. The molecule has 0 radical (unpaired) electrons. The van der Waals surface area contributed by atoms with Crippen molar-refractivity contribution < 1.29 is 9.53 Å². The molecule has 1 amide bonds. The van der Waals surface area contributed by atoms with Gasteiger partial charge in [0, 0.05) is 13.1 Å². The van der Waals surface area contributed by atoms with Gasteiger partial charge in [0.1, 0.15) is 12.4 Å². The second kappa shape index (κ2) is 6.27. The highest BCUT2D eigenvalue weighted by molar-refractivity contribution is 5.83. The van der Waals surface area contributed by atoms with Crippen LogP contribution in [0.5, 0.6) is 5.75 Å². The van der Waals surface area contributed by atoms with Crippen molar-refractivity contribution in [1.82, 2.24) is 4.90 Å². The Bertz CT molecular complexity index is 449. The maximum absolute atomic E-state index is 12.5. The minimum atomic E-state index is -0.401. The highest BCUT2D eigenvalue weighted by Gasteiger charge is 2.44. The Morgan fingerprint density at radius 1 is 1.45 bits per heavy atom. The lowest BCUT2D eigenvalue weighted by Crippen LogP contribution is -2.48. The van der Waals surface area contributed by atoms with Gasteiger partial charge in [0.2, 0.25) is 5.91 Å². The van der Waals surface area contributed by atoms with Crippen LogP contribution in [0.25, 0.3) is 0 Å². The fraction of sp³-hybridized carbons (Fsp3) is 0.562. The van der Waals surface area contributed by atoms with Crippen LogP contribution in [0.4, 0.5) is 0 Å². The van der Waals surface area contributed by atoms with Crippen molar-refractivity contribution in [1.29, 1.82) is 0 Å². The third-order valence-corrected chi connectivity index (χ3v) is 4.30. The Morgan fingerprint density at radius 2 is 2.15 bits per heavy atom. The van der Waals surface area contributed by atoms with E-state index in [-0.39, 0.29) is 11.9 Å². The van der Waals surface area contributed by atoms with E-state index in [1.165, 1.54) is 0 Å². The molecule has 0 aromatic heterocycles. The number of nitrogens with two attached hydrogens (primary N) is 1. The average molecular weight is 276 g/mol. The summed E-state index contributed by atoms with van der Waals surface area (Å²) in [6.07, 6.45) is 2.87. The molecular formula is C16H24N2O2. The molecule has 4 nitrogen and oxygen atoms in total. The van der Waals surface area contributed by atoms with Crippen LogP contribution in [0.3, 0.4) is 0 Å². The summed E-state index contributed by atoms with van der Waals surface area (Å²) in [7, 11) is 1.83. The van der Waals surface area contributed by atoms with Gasteiger partial charge in [-0.15, -0.1) is 0 Å². The number of nitrogens with zero attached hydrogens (tertiary/aromatic N) is 1. The molecule has 2 atom stereocenters. The summed E-state index contributed by atoms with van der Waals surface area (Å²) in [6.45, 7) is 3.06. The number of carbonyl (C=O) groups is 1. The molecule has 1 aromatic carbocycles. The molecular weight excluding hydrogens is 252 g/mol. The highest BCUT2D eigenvalue weighted by atomic mass is 16.5. The normalized spacial score (nSPS) is 25.4. The third kappa shape index (κ3) is 3.12. The first-order valence-electron chi connectivity index (χ1n) is 7.23. The second-order valence-electron chi connectivity index (χ2n) is 5.80. The Kier molecular flexibility index (Phi) is 4.65. The fourth-order valence-corrected chi connectivity index (χ4v) is 2.81. The third-order valence-electron chi connectivity index (χ3n) is 4.30. The largest absolute Gasteiger partial charge is 0.492 e. The molecule has 1 saturated carbocycles. The van der Waals surface area contributed by atoms with Gasteiger partial charge in [-0.3, -0.25) is 4.79 Å². The van der Waals surface area contributed by atoms with Gasteiger partial charge in [-0.05, 0) is 31.9 Å². The number of para-hydroxylation sites is 1. The monoisotopic (exact) mass is 276 g/mol. The molecule has 1 aromatic rings. The van der Waals surface area contributed by atoms with Crippen molar-refractivity contribution in [2.45, 2.75) is 32.2 Å². The molecule has 0 aliphatic heterocycles. The summed E-state index contributed by atoms with van der Waals surface area (Å²) in [4.78, 5) is 14.3. The van der Waals surface area contributed by atoms with E-state index in [0.29, 0.717) is 13.2 Å². The fourth-order valence-electron chi connectivity index (χ4n) is 2.81. The zero-order chi connectivity index (χ0) is 14.6. The van der Waals surface area contributed by atoms with Crippen molar-refractivity contribution >= 4 is 5.91 Å². The van der Waals surface area contributed by atoms with E-state index in [9.17, 15) is 4.79 Å². The second-order valence-corrected chi connectivity index (χ2v) is 5.80. The lowest BCUT2D eigenvalue weighted by atomic mass is 9.83. The summed E-state index contributed by atoms with van der Waals surface area (Å²) < 4.78 is 5.62. The average Bonchev–Trinajstić information content (AvgIpc) is 2.80. The van der Waals surface area contributed by atoms with Gasteiger partial charge in [0.25, 0.3) is 0 Å². The molecule has 0 spiro atoms. The van der Waals surface area contributed by atoms with Crippen LogP contribution >= 0.6 is 0 Å². The van der Waals surface area contributed by atoms with E-state index >= 15 is 0 Å².